The van der Waals surface area contributed by atoms with E-state index in [1.54, 1.807) is 6.20 Å². The van der Waals surface area contributed by atoms with E-state index >= 15 is 0 Å². The Kier molecular flexibility index (Phi) is 7.13. The Balaban J connectivity index is 0.00000121. The molecule has 0 atom stereocenters. The second-order valence-electron chi connectivity index (χ2n) is 5.40. The van der Waals surface area contributed by atoms with Gasteiger partial charge in [0, 0.05) is 31.7 Å². The molecule has 0 bridgehead atoms. The first-order valence-electron chi connectivity index (χ1n) is 7.14. The monoisotopic (exact) mass is 344 g/mol. The zero-order valence-corrected chi connectivity index (χ0v) is 14.2. The fourth-order valence-corrected chi connectivity index (χ4v) is 2.86. The smallest absolute Gasteiger partial charge is 0.255 e. The number of pyridine rings is 1. The molecule has 1 aliphatic rings. The lowest BCUT2D eigenvalue weighted by Gasteiger charge is -2.32. The van der Waals surface area contributed by atoms with Crippen molar-refractivity contribution in [3.05, 3.63) is 36.3 Å². The molecule has 0 radical (unpaired) electrons. The highest BCUT2D eigenvalue weighted by atomic mass is 35.5. The Morgan fingerprint density at radius 2 is 2.05 bits per heavy atom. The third kappa shape index (κ3) is 3.91. The molecule has 0 unspecified atom stereocenters. The number of halogens is 2. The first kappa shape index (κ1) is 18.7. The van der Waals surface area contributed by atoms with Crippen LogP contribution >= 0.6 is 24.8 Å². The molecule has 7 heteroatoms. The summed E-state index contributed by atoms with van der Waals surface area (Å²) in [5.41, 5.74) is 1.61. The van der Waals surface area contributed by atoms with Gasteiger partial charge in [0.25, 0.3) is 5.91 Å². The van der Waals surface area contributed by atoms with Crippen molar-refractivity contribution in [2.75, 3.05) is 26.7 Å². The molecule has 2 aromatic rings. The summed E-state index contributed by atoms with van der Waals surface area (Å²) in [7, 11) is 1.98. The maximum absolute atomic E-state index is 12.5. The number of carbonyl (C=O) groups excluding carboxylic acids is 1. The molecule has 22 heavy (non-hydrogen) atoms. The standard InChI is InChI=1S/C15H20N4O.2ClH/c1-16-10-12-4-7-18(8-5-12)15(20)13-2-3-14-17-6-9-19(14)11-13;;/h2-3,6,9,11-12,16H,4-5,7-8,10H2,1H3;2*1H. The molecule has 1 aliphatic heterocycles. The Morgan fingerprint density at radius 3 is 2.73 bits per heavy atom. The van der Waals surface area contributed by atoms with Gasteiger partial charge in [0.1, 0.15) is 5.65 Å². The van der Waals surface area contributed by atoms with E-state index < -0.39 is 0 Å². The van der Waals surface area contributed by atoms with Crippen LogP contribution in [0.25, 0.3) is 5.65 Å². The molecule has 1 amide bonds. The van der Waals surface area contributed by atoms with Gasteiger partial charge in [-0.2, -0.15) is 0 Å². The van der Waals surface area contributed by atoms with Crippen LogP contribution in [0.15, 0.2) is 30.7 Å². The zero-order chi connectivity index (χ0) is 13.9. The molecule has 1 fully saturated rings. The van der Waals surface area contributed by atoms with Gasteiger partial charge in [-0.3, -0.25) is 4.79 Å². The third-order valence-corrected chi connectivity index (χ3v) is 4.03. The SMILES string of the molecule is CNCC1CCN(C(=O)c2ccc3nccn3c2)CC1.Cl.Cl. The van der Waals surface area contributed by atoms with E-state index in [0.29, 0.717) is 5.92 Å². The van der Waals surface area contributed by atoms with Crippen LogP contribution in [-0.4, -0.2) is 46.9 Å². The highest BCUT2D eigenvalue weighted by Crippen LogP contribution is 2.18. The highest BCUT2D eigenvalue weighted by Gasteiger charge is 2.23. The minimum atomic E-state index is 0. The summed E-state index contributed by atoms with van der Waals surface area (Å²) in [6, 6.07) is 3.76. The average Bonchev–Trinajstić information content (AvgIpc) is 2.95. The number of piperidine rings is 1. The van der Waals surface area contributed by atoms with Gasteiger partial charge in [-0.15, -0.1) is 24.8 Å². The summed E-state index contributed by atoms with van der Waals surface area (Å²) in [6.07, 6.45) is 7.64. The number of rotatable bonds is 3. The quantitative estimate of drug-likeness (QED) is 0.928. The van der Waals surface area contributed by atoms with Gasteiger partial charge in [-0.25, -0.2) is 4.98 Å². The van der Waals surface area contributed by atoms with E-state index in [-0.39, 0.29) is 30.7 Å². The van der Waals surface area contributed by atoms with Crippen molar-refractivity contribution in [3.63, 3.8) is 0 Å². The van der Waals surface area contributed by atoms with Crippen LogP contribution < -0.4 is 5.32 Å². The third-order valence-electron chi connectivity index (χ3n) is 4.03. The summed E-state index contributed by atoms with van der Waals surface area (Å²) in [4.78, 5) is 18.7. The molecule has 1 saturated heterocycles. The summed E-state index contributed by atoms with van der Waals surface area (Å²) < 4.78 is 1.89. The summed E-state index contributed by atoms with van der Waals surface area (Å²) >= 11 is 0. The molecular weight excluding hydrogens is 323 g/mol. The van der Waals surface area contributed by atoms with Crippen LogP contribution in [0.4, 0.5) is 0 Å². The molecule has 0 saturated carbocycles. The van der Waals surface area contributed by atoms with Gasteiger partial charge in [0.15, 0.2) is 0 Å². The molecule has 122 valence electrons. The van der Waals surface area contributed by atoms with Gasteiger partial charge in [0.2, 0.25) is 0 Å². The lowest BCUT2D eigenvalue weighted by atomic mass is 9.96. The van der Waals surface area contributed by atoms with Crippen LogP contribution in [-0.2, 0) is 0 Å². The zero-order valence-electron chi connectivity index (χ0n) is 12.6. The van der Waals surface area contributed by atoms with Gasteiger partial charge in [-0.05, 0) is 44.5 Å². The topological polar surface area (TPSA) is 49.6 Å². The van der Waals surface area contributed by atoms with Crippen LogP contribution in [0.5, 0.6) is 0 Å². The predicted molar refractivity (Wildman–Crippen MR) is 92.2 cm³/mol. The Bertz CT molecular complexity index is 608. The van der Waals surface area contributed by atoms with Crippen LogP contribution in [0.1, 0.15) is 23.2 Å². The highest BCUT2D eigenvalue weighted by molar-refractivity contribution is 5.94. The lowest BCUT2D eigenvalue weighted by molar-refractivity contribution is 0.0690. The minimum Gasteiger partial charge on any atom is -0.339 e. The van der Waals surface area contributed by atoms with Gasteiger partial charge >= 0.3 is 0 Å². The largest absolute Gasteiger partial charge is 0.339 e. The molecule has 0 aliphatic carbocycles. The molecule has 3 heterocycles. The maximum atomic E-state index is 12.5. The second kappa shape index (κ2) is 8.36. The summed E-state index contributed by atoms with van der Waals surface area (Å²) in [5, 5.41) is 3.22. The van der Waals surface area contributed by atoms with Crippen molar-refractivity contribution < 1.29 is 4.79 Å². The molecule has 3 rings (SSSR count). The normalized spacial score (nSPS) is 15.2. The van der Waals surface area contributed by atoms with E-state index in [1.165, 1.54) is 0 Å². The number of fused-ring (bicyclic) bond motifs is 1. The maximum Gasteiger partial charge on any atom is 0.255 e. The fraction of sp³-hybridized carbons (Fsp3) is 0.467. The molecule has 1 N–H and O–H groups in total. The molecule has 0 aromatic carbocycles. The number of amides is 1. The average molecular weight is 345 g/mol. The fourth-order valence-electron chi connectivity index (χ4n) is 2.86. The number of likely N-dealkylation sites (tertiary alicyclic amines) is 1. The first-order valence-corrected chi connectivity index (χ1v) is 7.14. The predicted octanol–water partition coefficient (Wildman–Crippen LogP) is 2.25. The number of hydrogen-bond donors (Lipinski definition) is 1. The summed E-state index contributed by atoms with van der Waals surface area (Å²) in [5.74, 6) is 0.823. The summed E-state index contributed by atoms with van der Waals surface area (Å²) in [6.45, 7) is 2.75. The van der Waals surface area contributed by atoms with Crippen molar-refractivity contribution in [3.8, 4) is 0 Å². The number of aromatic nitrogens is 2. The first-order chi connectivity index (χ1) is 9.78. The van der Waals surface area contributed by atoms with Crippen molar-refractivity contribution in [2.45, 2.75) is 12.8 Å². The van der Waals surface area contributed by atoms with Crippen LogP contribution in [0.2, 0.25) is 0 Å². The van der Waals surface area contributed by atoms with Gasteiger partial charge in [-0.1, -0.05) is 0 Å². The van der Waals surface area contributed by atoms with Crippen molar-refractivity contribution in [1.82, 2.24) is 19.6 Å². The molecule has 2 aromatic heterocycles. The van der Waals surface area contributed by atoms with Gasteiger partial charge < -0.3 is 14.6 Å². The number of hydrogen-bond acceptors (Lipinski definition) is 3. The van der Waals surface area contributed by atoms with Gasteiger partial charge in [0.05, 0.1) is 5.56 Å². The molecule has 5 nitrogen and oxygen atoms in total. The number of carbonyl (C=O) groups is 1. The number of nitrogens with one attached hydrogen (secondary N) is 1. The van der Waals surface area contributed by atoms with E-state index in [4.69, 9.17) is 0 Å². The van der Waals surface area contributed by atoms with E-state index in [1.807, 2.05) is 40.9 Å². The van der Waals surface area contributed by atoms with E-state index in [2.05, 4.69) is 10.3 Å². The molecule has 0 spiro atoms. The molecular formula is C15H22Cl2N4O. The van der Waals surface area contributed by atoms with E-state index in [9.17, 15) is 4.79 Å². The van der Waals surface area contributed by atoms with Crippen molar-refractivity contribution >= 4 is 36.4 Å². The number of nitrogens with zero attached hydrogens (tertiary/aromatic N) is 3. The lowest BCUT2D eigenvalue weighted by Crippen LogP contribution is -2.40. The number of imidazole rings is 1. The van der Waals surface area contributed by atoms with E-state index in [0.717, 1.165) is 43.7 Å². The Labute approximate surface area is 142 Å². The van der Waals surface area contributed by atoms with Crippen LogP contribution in [0, 0.1) is 5.92 Å². The Hall–Kier alpha value is -1.30. The van der Waals surface area contributed by atoms with Crippen LogP contribution in [0.3, 0.4) is 0 Å². The second-order valence-corrected chi connectivity index (χ2v) is 5.40. The van der Waals surface area contributed by atoms with Crippen molar-refractivity contribution in [2.24, 2.45) is 5.92 Å². The Morgan fingerprint density at radius 1 is 1.32 bits per heavy atom. The minimum absolute atomic E-state index is 0. The van der Waals surface area contributed by atoms with Crippen molar-refractivity contribution in [1.29, 1.82) is 0 Å².